The van der Waals surface area contributed by atoms with Crippen LogP contribution in [-0.2, 0) is 0 Å². The Labute approximate surface area is 85.4 Å². The van der Waals surface area contributed by atoms with Crippen molar-refractivity contribution in [3.8, 4) is 0 Å². The molecule has 0 N–H and O–H groups in total. The highest BCUT2D eigenvalue weighted by molar-refractivity contribution is 7.99. The number of nitrogens with zero attached hydrogens (tertiary/aromatic N) is 3. The monoisotopic (exact) mass is 211 g/mol. The molecule has 2 heterocycles. The Balaban J connectivity index is 2.31. The van der Waals surface area contributed by atoms with Crippen molar-refractivity contribution in [2.45, 2.75) is 5.37 Å². The van der Waals surface area contributed by atoms with Gasteiger partial charge in [-0.15, -0.1) is 11.8 Å². The van der Waals surface area contributed by atoms with Crippen LogP contribution in [0.25, 0.3) is 0 Å². The molecule has 0 amide bonds. The Hall–Kier alpha value is -1.43. The number of allylic oxidation sites excluding steroid dienone is 3. The highest BCUT2D eigenvalue weighted by atomic mass is 32.2. The van der Waals surface area contributed by atoms with Gasteiger partial charge in [0.1, 0.15) is 0 Å². The van der Waals surface area contributed by atoms with E-state index < -0.39 is 5.03 Å². The zero-order valence-corrected chi connectivity index (χ0v) is 8.35. The molecular formula is C8H9N3O2S. The summed E-state index contributed by atoms with van der Waals surface area (Å²) in [4.78, 5) is 10.8. The van der Waals surface area contributed by atoms with Crippen LogP contribution >= 0.6 is 11.8 Å². The maximum atomic E-state index is 10.8. The number of nitro groups is 1. The SMILES string of the molecule is CSC1C=C2C=CC=CN2N1[N+](=O)[O-]. The van der Waals surface area contributed by atoms with Gasteiger partial charge in [-0.05, 0) is 29.6 Å². The van der Waals surface area contributed by atoms with Gasteiger partial charge in [-0.1, -0.05) is 6.08 Å². The van der Waals surface area contributed by atoms with Gasteiger partial charge >= 0.3 is 0 Å². The second-order valence-electron chi connectivity index (χ2n) is 2.82. The first-order valence-corrected chi connectivity index (χ1v) is 5.35. The molecule has 0 bridgehead atoms. The first-order valence-electron chi connectivity index (χ1n) is 4.06. The third-order valence-electron chi connectivity index (χ3n) is 2.04. The van der Waals surface area contributed by atoms with Crippen LogP contribution in [0.1, 0.15) is 0 Å². The van der Waals surface area contributed by atoms with E-state index in [4.69, 9.17) is 0 Å². The molecule has 2 aliphatic heterocycles. The van der Waals surface area contributed by atoms with Gasteiger partial charge in [0.2, 0.25) is 0 Å². The van der Waals surface area contributed by atoms with E-state index in [1.807, 2.05) is 24.5 Å². The van der Waals surface area contributed by atoms with E-state index in [1.165, 1.54) is 11.8 Å². The molecule has 14 heavy (non-hydrogen) atoms. The summed E-state index contributed by atoms with van der Waals surface area (Å²) < 4.78 is 0. The summed E-state index contributed by atoms with van der Waals surface area (Å²) in [6, 6.07) is 0. The maximum absolute atomic E-state index is 10.8. The molecular weight excluding hydrogens is 202 g/mol. The summed E-state index contributed by atoms with van der Waals surface area (Å²) in [7, 11) is 0. The number of hydrogen-bond acceptors (Lipinski definition) is 4. The van der Waals surface area contributed by atoms with Crippen LogP contribution in [0.15, 0.2) is 36.2 Å². The number of fused-ring (bicyclic) bond motifs is 1. The Bertz CT molecular complexity index is 350. The molecule has 6 heteroatoms. The number of hydrazine groups is 2. The van der Waals surface area contributed by atoms with Crippen molar-refractivity contribution in [1.82, 2.24) is 10.1 Å². The van der Waals surface area contributed by atoms with Gasteiger partial charge in [0.05, 0.1) is 5.70 Å². The van der Waals surface area contributed by atoms with Crippen LogP contribution < -0.4 is 0 Å². The first-order chi connectivity index (χ1) is 6.74. The molecule has 0 spiro atoms. The summed E-state index contributed by atoms with van der Waals surface area (Å²) in [5.74, 6) is 0. The predicted molar refractivity (Wildman–Crippen MR) is 54.3 cm³/mol. The number of thioether (sulfide) groups is 1. The van der Waals surface area contributed by atoms with Crippen molar-refractivity contribution in [2.75, 3.05) is 6.26 Å². The second-order valence-corrected chi connectivity index (χ2v) is 3.78. The standard InChI is InChI=1S/C8H9N3O2S/c1-14-8-6-7-4-2-3-5-9(7)10(8)11(12)13/h2-6,8H,1H3. The average Bonchev–Trinajstić information content (AvgIpc) is 2.55. The number of rotatable bonds is 2. The van der Waals surface area contributed by atoms with E-state index in [0.717, 1.165) is 10.8 Å². The fourth-order valence-electron chi connectivity index (χ4n) is 1.44. The van der Waals surface area contributed by atoms with E-state index in [2.05, 4.69) is 0 Å². The normalized spacial score (nSPS) is 23.8. The van der Waals surface area contributed by atoms with E-state index in [0.29, 0.717) is 0 Å². The van der Waals surface area contributed by atoms with Crippen LogP contribution in [-0.4, -0.2) is 26.8 Å². The van der Waals surface area contributed by atoms with E-state index in [9.17, 15) is 10.1 Å². The van der Waals surface area contributed by atoms with Gasteiger partial charge in [0, 0.05) is 6.20 Å². The summed E-state index contributed by atoms with van der Waals surface area (Å²) in [6.45, 7) is 0. The lowest BCUT2D eigenvalue weighted by Gasteiger charge is -2.24. The van der Waals surface area contributed by atoms with Gasteiger partial charge in [0.15, 0.2) is 10.4 Å². The summed E-state index contributed by atoms with van der Waals surface area (Å²) in [6.07, 6.45) is 10.9. The molecule has 0 fully saturated rings. The highest BCUT2D eigenvalue weighted by Gasteiger charge is 2.37. The molecule has 0 aromatic carbocycles. The van der Waals surface area contributed by atoms with Crippen molar-refractivity contribution in [1.29, 1.82) is 0 Å². The van der Waals surface area contributed by atoms with Gasteiger partial charge < -0.3 is 0 Å². The fraction of sp³-hybridized carbons (Fsp3) is 0.250. The fourth-order valence-corrected chi connectivity index (χ4v) is 2.08. The second kappa shape index (κ2) is 3.38. The van der Waals surface area contributed by atoms with Gasteiger partial charge in [-0.2, -0.15) is 0 Å². The Morgan fingerprint density at radius 3 is 3.00 bits per heavy atom. The molecule has 0 aromatic rings. The first kappa shape index (κ1) is 9.14. The molecule has 1 unspecified atom stereocenters. The van der Waals surface area contributed by atoms with Crippen molar-refractivity contribution < 1.29 is 5.03 Å². The minimum absolute atomic E-state index is 0.229. The quantitative estimate of drug-likeness (QED) is 0.510. The maximum Gasteiger partial charge on any atom is 0.183 e. The van der Waals surface area contributed by atoms with E-state index >= 15 is 0 Å². The predicted octanol–water partition coefficient (Wildman–Crippen LogP) is 1.37. The summed E-state index contributed by atoms with van der Waals surface area (Å²) >= 11 is 1.43. The van der Waals surface area contributed by atoms with Crippen molar-refractivity contribution in [2.24, 2.45) is 0 Å². The smallest absolute Gasteiger partial charge is 0.183 e. The molecule has 2 rings (SSSR count). The average molecular weight is 211 g/mol. The lowest BCUT2D eigenvalue weighted by molar-refractivity contribution is -0.690. The van der Waals surface area contributed by atoms with Gasteiger partial charge in [-0.3, -0.25) is 0 Å². The topological polar surface area (TPSA) is 49.6 Å². The third-order valence-corrected chi connectivity index (χ3v) is 2.85. The Kier molecular flexibility index (Phi) is 2.20. The van der Waals surface area contributed by atoms with Crippen LogP contribution in [0.3, 0.4) is 0 Å². The van der Waals surface area contributed by atoms with Crippen molar-refractivity contribution >= 4 is 11.8 Å². The van der Waals surface area contributed by atoms with Crippen LogP contribution in [0.5, 0.6) is 0 Å². The molecule has 0 radical (unpaired) electrons. The molecule has 74 valence electrons. The van der Waals surface area contributed by atoms with Crippen molar-refractivity contribution in [3.63, 3.8) is 0 Å². The van der Waals surface area contributed by atoms with E-state index in [-0.39, 0.29) is 5.37 Å². The zero-order chi connectivity index (χ0) is 10.1. The summed E-state index contributed by atoms with van der Waals surface area (Å²) in [5, 5.41) is 12.8. The molecule has 0 aliphatic carbocycles. The van der Waals surface area contributed by atoms with Crippen LogP contribution in [0.4, 0.5) is 0 Å². The Morgan fingerprint density at radius 1 is 1.57 bits per heavy atom. The minimum Gasteiger partial charge on any atom is -0.233 e. The molecule has 0 saturated heterocycles. The molecule has 2 aliphatic rings. The molecule has 5 nitrogen and oxygen atoms in total. The number of hydrogen-bond donors (Lipinski definition) is 0. The minimum atomic E-state index is -0.395. The Morgan fingerprint density at radius 2 is 2.36 bits per heavy atom. The highest BCUT2D eigenvalue weighted by Crippen LogP contribution is 2.30. The molecule has 1 atom stereocenters. The van der Waals surface area contributed by atoms with Crippen LogP contribution in [0, 0.1) is 10.1 Å². The largest absolute Gasteiger partial charge is 0.233 e. The van der Waals surface area contributed by atoms with Crippen molar-refractivity contribution in [3.05, 3.63) is 46.3 Å². The molecule has 0 saturated carbocycles. The van der Waals surface area contributed by atoms with Gasteiger partial charge in [0.25, 0.3) is 0 Å². The van der Waals surface area contributed by atoms with Gasteiger partial charge in [-0.25, -0.2) is 15.1 Å². The lowest BCUT2D eigenvalue weighted by atomic mass is 10.3. The third kappa shape index (κ3) is 1.27. The zero-order valence-electron chi connectivity index (χ0n) is 7.53. The lowest BCUT2D eigenvalue weighted by Crippen LogP contribution is -2.42. The van der Waals surface area contributed by atoms with Crippen LogP contribution in [0.2, 0.25) is 0 Å². The summed E-state index contributed by atoms with van der Waals surface area (Å²) in [5.41, 5.74) is 0.851. The van der Waals surface area contributed by atoms with E-state index in [1.54, 1.807) is 17.3 Å². The molecule has 0 aromatic heterocycles.